The molecule has 2 saturated heterocycles. The number of amides is 3. The summed E-state index contributed by atoms with van der Waals surface area (Å²) in [6, 6.07) is 9.56. The Bertz CT molecular complexity index is 1990. The van der Waals surface area contributed by atoms with Gasteiger partial charge in [-0.3, -0.25) is 19.9 Å². The number of carbonyl (C=O) groups is 4. The highest BCUT2D eigenvalue weighted by Gasteiger charge is 2.45. The van der Waals surface area contributed by atoms with Crippen molar-refractivity contribution in [2.45, 2.75) is 82.5 Å². The molecule has 54 heavy (non-hydrogen) atoms. The zero-order valence-corrected chi connectivity index (χ0v) is 31.6. The van der Waals surface area contributed by atoms with Gasteiger partial charge >= 0.3 is 12.1 Å². The Morgan fingerprint density at radius 1 is 1.22 bits per heavy atom. The van der Waals surface area contributed by atoms with E-state index in [4.69, 9.17) is 36.7 Å². The van der Waals surface area contributed by atoms with E-state index >= 15 is 0 Å². The number of hydrogen-bond acceptors (Lipinski definition) is 10. The lowest BCUT2D eigenvalue weighted by Gasteiger charge is -2.36. The number of epoxide rings is 1. The molecule has 4 bridgehead atoms. The van der Waals surface area contributed by atoms with E-state index in [0.717, 1.165) is 11.1 Å². The Balaban J connectivity index is 0.000000239. The van der Waals surface area contributed by atoms with Crippen LogP contribution in [0.1, 0.15) is 61.9 Å². The highest BCUT2D eigenvalue weighted by molar-refractivity contribution is 6.35. The van der Waals surface area contributed by atoms with E-state index in [2.05, 4.69) is 10.3 Å². The average molecular weight is 764 g/mol. The molecule has 5 N–H and O–H groups in total. The van der Waals surface area contributed by atoms with Crippen LogP contribution >= 0.6 is 11.6 Å². The van der Waals surface area contributed by atoms with Crippen molar-refractivity contribution in [1.82, 2.24) is 15.2 Å². The molecule has 3 aliphatic heterocycles. The molecule has 4 heterocycles. The second kappa shape index (κ2) is 16.9. The minimum absolute atomic E-state index is 0.0777. The van der Waals surface area contributed by atoms with E-state index in [1.54, 1.807) is 49.5 Å². The SMILES string of the molecule is COc1cc2cc(c1Cl)N(C)C(=O)CCC1OC1CC1C[C@](O)(C/C=C/C=C(\C)C2)NC(=O)O1.C[C@@H](C(=O)O)N(C)C(=O)c1ccc(N)c2cccnc12. The van der Waals surface area contributed by atoms with Gasteiger partial charge in [0.05, 0.1) is 36.1 Å². The number of nitrogen functional groups attached to an aromatic ring is 1. The molecule has 0 spiro atoms. The predicted octanol–water partition coefficient (Wildman–Crippen LogP) is 5.25. The molecule has 1 aromatic heterocycles. The lowest BCUT2D eigenvalue weighted by Crippen LogP contribution is -2.56. The number of likely N-dealkylation sites (N-methyl/N-ethyl adjacent to an activating group) is 1. The van der Waals surface area contributed by atoms with Gasteiger partial charge in [-0.15, -0.1) is 0 Å². The number of anilines is 2. The summed E-state index contributed by atoms with van der Waals surface area (Å²) >= 11 is 6.54. The molecule has 0 radical (unpaired) electrons. The third-order valence-corrected chi connectivity index (χ3v) is 10.2. The number of fused-ring (bicyclic) bond motifs is 6. The molecular formula is C39H46ClN5O9. The fourth-order valence-electron chi connectivity index (χ4n) is 6.48. The highest BCUT2D eigenvalue weighted by Crippen LogP contribution is 2.38. The summed E-state index contributed by atoms with van der Waals surface area (Å²) in [4.78, 5) is 55.2. The number of nitrogens with one attached hydrogen (secondary N) is 1. The Labute approximate surface area is 318 Å². The Kier molecular flexibility index (Phi) is 12.5. The molecule has 0 aliphatic carbocycles. The van der Waals surface area contributed by atoms with Crippen molar-refractivity contribution < 1.29 is 43.6 Å². The lowest BCUT2D eigenvalue weighted by molar-refractivity contribution is -0.141. The van der Waals surface area contributed by atoms with Crippen molar-refractivity contribution in [2.75, 3.05) is 31.8 Å². The third-order valence-electron chi connectivity index (χ3n) is 9.78. The van der Waals surface area contributed by atoms with E-state index in [1.807, 2.05) is 37.3 Å². The number of hydrogen-bond donors (Lipinski definition) is 4. The van der Waals surface area contributed by atoms with Gasteiger partial charge in [0.1, 0.15) is 28.6 Å². The van der Waals surface area contributed by atoms with E-state index in [-0.39, 0.29) is 31.0 Å². The van der Waals surface area contributed by atoms with Crippen LogP contribution in [0.25, 0.3) is 10.9 Å². The molecular weight excluding hydrogens is 718 g/mol. The van der Waals surface area contributed by atoms with Crippen LogP contribution in [0.5, 0.6) is 5.75 Å². The molecule has 14 nitrogen and oxygen atoms in total. The molecule has 3 aliphatic rings. The lowest BCUT2D eigenvalue weighted by atomic mass is 9.96. The first-order chi connectivity index (χ1) is 25.6. The minimum Gasteiger partial charge on any atom is -0.495 e. The zero-order valence-electron chi connectivity index (χ0n) is 30.9. The summed E-state index contributed by atoms with van der Waals surface area (Å²) in [7, 11) is 4.71. The van der Waals surface area contributed by atoms with Gasteiger partial charge in [-0.1, -0.05) is 35.4 Å². The smallest absolute Gasteiger partial charge is 0.409 e. The number of nitrogens with two attached hydrogens (primary N) is 1. The van der Waals surface area contributed by atoms with Gasteiger partial charge in [-0.2, -0.15) is 0 Å². The number of nitrogens with zero attached hydrogens (tertiary/aromatic N) is 3. The van der Waals surface area contributed by atoms with Gasteiger partial charge in [0.15, 0.2) is 0 Å². The first kappa shape index (κ1) is 40.0. The van der Waals surface area contributed by atoms with E-state index < -0.39 is 35.8 Å². The number of aromatic nitrogens is 1. The maximum Gasteiger partial charge on any atom is 0.409 e. The van der Waals surface area contributed by atoms with Crippen LogP contribution in [-0.4, -0.2) is 95.3 Å². The van der Waals surface area contributed by atoms with Gasteiger partial charge in [0, 0.05) is 57.0 Å². The van der Waals surface area contributed by atoms with Gasteiger partial charge in [0.2, 0.25) is 5.91 Å². The van der Waals surface area contributed by atoms with Crippen LogP contribution in [0.4, 0.5) is 16.2 Å². The van der Waals surface area contributed by atoms with Gasteiger partial charge in [-0.25, -0.2) is 9.59 Å². The quantitative estimate of drug-likeness (QED) is 0.200. The van der Waals surface area contributed by atoms with Crippen molar-refractivity contribution in [2.24, 2.45) is 0 Å². The summed E-state index contributed by atoms with van der Waals surface area (Å²) in [5.74, 6) is -1.03. The largest absolute Gasteiger partial charge is 0.495 e. The second-order valence-corrected chi connectivity index (χ2v) is 14.2. The first-order valence-electron chi connectivity index (χ1n) is 17.6. The summed E-state index contributed by atoms with van der Waals surface area (Å²) in [5, 5.41) is 23.5. The number of alkyl carbamates (subject to hydrolysis) is 1. The average Bonchev–Trinajstić information content (AvgIpc) is 3.88. The summed E-state index contributed by atoms with van der Waals surface area (Å²) in [6.45, 7) is 3.45. The Hall–Kier alpha value is -5.18. The van der Waals surface area contributed by atoms with Gasteiger partial charge < -0.3 is 40.0 Å². The number of carboxylic acids is 1. The number of ether oxygens (including phenoxy) is 3. The number of rotatable bonds is 4. The van der Waals surface area contributed by atoms with Crippen molar-refractivity contribution in [3.8, 4) is 5.75 Å². The van der Waals surface area contributed by atoms with Gasteiger partial charge in [0.25, 0.3) is 5.91 Å². The number of allylic oxidation sites excluding steroid dienone is 3. The third kappa shape index (κ3) is 9.48. The number of aliphatic hydroxyl groups is 1. The molecule has 288 valence electrons. The highest BCUT2D eigenvalue weighted by atomic mass is 35.5. The second-order valence-electron chi connectivity index (χ2n) is 13.8. The topological polar surface area (TPSA) is 197 Å². The standard InChI is InChI=1S/C25H31ClN2O6.C14H15N3O3/c1-15-6-4-5-9-25(31)14-17(33-24(30)27-25)13-20-19(34-20)7-8-22(29)28(2)18-11-16(10-15)12-21(32-3)23(18)26;1-8(14(19)20)17(2)13(18)10-5-6-11(15)9-4-3-7-16-12(9)10/h4-6,11-12,17,19-20,31H,7-10,13-14H2,1-3H3,(H,27,30);3-8H,15H2,1-2H3,(H,19,20)/b5-4+,15-6+;/t17?,19?,20?,25-;8-/m10/s1. The van der Waals surface area contributed by atoms with Crippen LogP contribution in [0, 0.1) is 0 Å². The fraction of sp³-hybridized carbons (Fsp3) is 0.410. The molecule has 3 unspecified atom stereocenters. The maximum atomic E-state index is 12.9. The van der Waals surface area contributed by atoms with Crippen molar-refractivity contribution in [3.05, 3.63) is 82.5 Å². The van der Waals surface area contributed by atoms with Crippen LogP contribution in [0.15, 0.2) is 66.4 Å². The van der Waals surface area contributed by atoms with Crippen LogP contribution in [0.2, 0.25) is 5.02 Å². The number of pyridine rings is 1. The monoisotopic (exact) mass is 763 g/mol. The molecule has 2 fully saturated rings. The van der Waals surface area contributed by atoms with E-state index in [1.165, 1.54) is 18.9 Å². The number of methoxy groups -OCH3 is 1. The van der Waals surface area contributed by atoms with Crippen LogP contribution < -0.4 is 20.7 Å². The molecule has 6 rings (SSSR count). The number of carboxylic acid groups (broad SMARTS) is 1. The summed E-state index contributed by atoms with van der Waals surface area (Å²) < 4.78 is 16.5. The van der Waals surface area contributed by atoms with Crippen molar-refractivity contribution >= 4 is 57.8 Å². The molecule has 2 aromatic carbocycles. The number of aliphatic carboxylic acids is 1. The molecule has 0 saturated carbocycles. The summed E-state index contributed by atoms with van der Waals surface area (Å²) in [6.07, 6.45) is 8.43. The van der Waals surface area contributed by atoms with E-state index in [9.17, 15) is 24.3 Å². The van der Waals surface area contributed by atoms with Crippen LogP contribution in [0.3, 0.4) is 0 Å². The molecule has 5 atom stereocenters. The summed E-state index contributed by atoms with van der Waals surface area (Å²) in [5.41, 5.74) is 8.44. The maximum absolute atomic E-state index is 12.9. The van der Waals surface area contributed by atoms with Gasteiger partial charge in [-0.05, 0) is 68.7 Å². The fourth-order valence-corrected chi connectivity index (χ4v) is 6.79. The molecule has 3 aromatic rings. The normalized spacial score (nSPS) is 25.0. The zero-order chi connectivity index (χ0) is 39.3. The number of carbonyl (C=O) groups excluding carboxylic acids is 3. The molecule has 15 heteroatoms. The van der Waals surface area contributed by atoms with Crippen LogP contribution in [-0.2, 0) is 25.5 Å². The first-order valence-corrected chi connectivity index (χ1v) is 17.9. The minimum atomic E-state index is -1.37. The Morgan fingerprint density at radius 2 is 1.98 bits per heavy atom. The number of halogens is 1. The predicted molar refractivity (Wildman–Crippen MR) is 203 cm³/mol. The van der Waals surface area contributed by atoms with Crippen molar-refractivity contribution in [1.29, 1.82) is 0 Å². The molecule has 3 amide bonds. The Morgan fingerprint density at radius 3 is 2.70 bits per heavy atom. The van der Waals surface area contributed by atoms with Crippen molar-refractivity contribution in [3.63, 3.8) is 0 Å². The number of benzene rings is 2. The van der Waals surface area contributed by atoms with E-state index in [0.29, 0.717) is 64.3 Å².